The van der Waals surface area contributed by atoms with Crippen LogP contribution in [0.25, 0.3) is 11.1 Å². The molecule has 0 saturated heterocycles. The zero-order chi connectivity index (χ0) is 21.6. The van der Waals surface area contributed by atoms with E-state index in [-0.39, 0.29) is 11.6 Å². The molecule has 0 unspecified atom stereocenters. The van der Waals surface area contributed by atoms with Crippen LogP contribution in [0, 0.1) is 5.82 Å². The molecule has 0 aromatic heterocycles. The summed E-state index contributed by atoms with van der Waals surface area (Å²) < 4.78 is 64.8. The van der Waals surface area contributed by atoms with E-state index in [1.165, 1.54) is 41.6 Å². The number of ether oxygens (including phenoxy) is 1. The summed E-state index contributed by atoms with van der Waals surface area (Å²) in [6, 6.07) is 19.7. The van der Waals surface area contributed by atoms with Gasteiger partial charge in [-0.1, -0.05) is 42.5 Å². The second kappa shape index (κ2) is 9.61. The molecule has 0 radical (unpaired) electrons. The predicted octanol–water partition coefficient (Wildman–Crippen LogP) is 6.77. The molecule has 0 saturated carbocycles. The van der Waals surface area contributed by atoms with Crippen molar-refractivity contribution in [3.05, 3.63) is 84.2 Å². The fourth-order valence-electron chi connectivity index (χ4n) is 3.13. The van der Waals surface area contributed by atoms with Crippen molar-refractivity contribution in [1.29, 1.82) is 0 Å². The van der Waals surface area contributed by atoms with Gasteiger partial charge in [-0.2, -0.15) is 17.6 Å². The highest BCUT2D eigenvalue weighted by atomic mass is 19.3. The van der Waals surface area contributed by atoms with E-state index < -0.39 is 12.5 Å². The highest BCUT2D eigenvalue weighted by molar-refractivity contribution is 5.74. The minimum atomic E-state index is -4.43. The van der Waals surface area contributed by atoms with Gasteiger partial charge in [-0.05, 0) is 59.9 Å². The molecule has 0 fully saturated rings. The molecule has 1 N–H and O–H groups in total. The smallest absolute Gasteiger partial charge is 0.428 e. The van der Waals surface area contributed by atoms with E-state index in [9.17, 15) is 22.0 Å². The quantitative estimate of drug-likeness (QED) is 0.469. The number of halogens is 5. The summed E-state index contributed by atoms with van der Waals surface area (Å²) in [5.74, 6) is -0.461. The summed E-state index contributed by atoms with van der Waals surface area (Å²) >= 11 is 0. The van der Waals surface area contributed by atoms with Gasteiger partial charge in [-0.25, -0.2) is 4.39 Å². The molecule has 0 bridgehead atoms. The van der Waals surface area contributed by atoms with Gasteiger partial charge in [0.05, 0.1) is 0 Å². The van der Waals surface area contributed by atoms with Crippen molar-refractivity contribution < 1.29 is 26.7 Å². The molecule has 2 nitrogen and oxygen atoms in total. The molecule has 1 heterocycles. The van der Waals surface area contributed by atoms with Crippen LogP contribution in [0.5, 0.6) is 5.75 Å². The SMILES string of the molecule is FC(F)C(F)(F)Oc1ccccc1.Fc1cccc(-c2cccc3c2CCCN3)c1. The number of fused-ring (bicyclic) bond motifs is 1. The predicted molar refractivity (Wildman–Crippen MR) is 107 cm³/mol. The van der Waals surface area contributed by atoms with Gasteiger partial charge in [0, 0.05) is 12.2 Å². The fourth-order valence-corrected chi connectivity index (χ4v) is 3.13. The lowest BCUT2D eigenvalue weighted by Gasteiger charge is -2.21. The first-order valence-electron chi connectivity index (χ1n) is 9.38. The Morgan fingerprint density at radius 1 is 0.900 bits per heavy atom. The van der Waals surface area contributed by atoms with Crippen LogP contribution in [-0.2, 0) is 6.42 Å². The third kappa shape index (κ3) is 5.49. The lowest BCUT2D eigenvalue weighted by molar-refractivity contribution is -0.253. The monoisotopic (exact) mass is 421 g/mol. The summed E-state index contributed by atoms with van der Waals surface area (Å²) in [5.41, 5.74) is 4.61. The van der Waals surface area contributed by atoms with Gasteiger partial charge in [0.25, 0.3) is 0 Å². The summed E-state index contributed by atoms with van der Waals surface area (Å²) in [4.78, 5) is 0. The Morgan fingerprint density at radius 2 is 1.63 bits per heavy atom. The van der Waals surface area contributed by atoms with Crippen LogP contribution in [0.1, 0.15) is 12.0 Å². The van der Waals surface area contributed by atoms with Gasteiger partial charge in [0.15, 0.2) is 0 Å². The zero-order valence-electron chi connectivity index (χ0n) is 15.9. The highest BCUT2D eigenvalue weighted by Crippen LogP contribution is 2.32. The Morgan fingerprint density at radius 3 is 2.33 bits per heavy atom. The number of anilines is 1. The van der Waals surface area contributed by atoms with Gasteiger partial charge in [-0.15, -0.1) is 0 Å². The van der Waals surface area contributed by atoms with Gasteiger partial charge in [0.1, 0.15) is 11.6 Å². The lowest BCUT2D eigenvalue weighted by atomic mass is 9.93. The van der Waals surface area contributed by atoms with Crippen molar-refractivity contribution in [2.24, 2.45) is 0 Å². The van der Waals surface area contributed by atoms with E-state index in [2.05, 4.69) is 22.2 Å². The van der Waals surface area contributed by atoms with Gasteiger partial charge >= 0.3 is 12.5 Å². The normalized spacial score (nSPS) is 13.0. The summed E-state index contributed by atoms with van der Waals surface area (Å²) in [6.07, 6.45) is -6.05. The van der Waals surface area contributed by atoms with E-state index in [0.717, 1.165) is 30.5 Å². The Balaban J connectivity index is 0.000000178. The summed E-state index contributed by atoms with van der Waals surface area (Å²) in [5, 5.41) is 3.39. The van der Waals surface area contributed by atoms with E-state index in [4.69, 9.17) is 0 Å². The van der Waals surface area contributed by atoms with E-state index in [1.54, 1.807) is 18.2 Å². The topological polar surface area (TPSA) is 21.3 Å². The number of alkyl halides is 4. The van der Waals surface area contributed by atoms with Crippen molar-refractivity contribution in [3.8, 4) is 16.9 Å². The van der Waals surface area contributed by atoms with Crippen LogP contribution in [0.2, 0.25) is 0 Å². The summed E-state index contributed by atoms with van der Waals surface area (Å²) in [6.45, 7) is 1.03. The van der Waals surface area contributed by atoms with Gasteiger partial charge in [0.2, 0.25) is 0 Å². The Bertz CT molecular complexity index is 963. The molecule has 3 aromatic carbocycles. The Kier molecular flexibility index (Phi) is 6.92. The fraction of sp³-hybridized carbons (Fsp3) is 0.217. The first-order valence-corrected chi connectivity index (χ1v) is 9.38. The number of hydrogen-bond acceptors (Lipinski definition) is 2. The highest BCUT2D eigenvalue weighted by Gasteiger charge is 2.43. The van der Waals surface area contributed by atoms with Crippen molar-refractivity contribution in [1.82, 2.24) is 0 Å². The first kappa shape index (κ1) is 21.6. The van der Waals surface area contributed by atoms with Crippen molar-refractivity contribution in [2.75, 3.05) is 11.9 Å². The van der Waals surface area contributed by atoms with E-state index in [0.29, 0.717) is 0 Å². The number of rotatable bonds is 4. The first-order chi connectivity index (χ1) is 14.4. The molecule has 7 heteroatoms. The van der Waals surface area contributed by atoms with Crippen molar-refractivity contribution in [3.63, 3.8) is 0 Å². The molecule has 158 valence electrons. The van der Waals surface area contributed by atoms with Crippen LogP contribution < -0.4 is 10.1 Å². The average Bonchev–Trinajstić information content (AvgIpc) is 2.74. The van der Waals surface area contributed by atoms with Crippen molar-refractivity contribution in [2.45, 2.75) is 25.4 Å². The van der Waals surface area contributed by atoms with Crippen LogP contribution in [0.4, 0.5) is 27.6 Å². The maximum atomic E-state index is 13.3. The number of para-hydroxylation sites is 1. The van der Waals surface area contributed by atoms with Crippen molar-refractivity contribution >= 4 is 5.69 Å². The molecular weight excluding hydrogens is 401 g/mol. The minimum Gasteiger partial charge on any atom is -0.428 e. The van der Waals surface area contributed by atoms with Gasteiger partial charge < -0.3 is 10.1 Å². The van der Waals surface area contributed by atoms with Crippen LogP contribution >= 0.6 is 0 Å². The third-order valence-electron chi connectivity index (χ3n) is 4.48. The van der Waals surface area contributed by atoms with Crippen LogP contribution in [0.15, 0.2) is 72.8 Å². The molecule has 0 amide bonds. The molecule has 4 rings (SSSR count). The minimum absolute atomic E-state index is 0.177. The third-order valence-corrected chi connectivity index (χ3v) is 4.48. The largest absolute Gasteiger partial charge is 0.461 e. The van der Waals surface area contributed by atoms with Gasteiger partial charge in [-0.3, -0.25) is 0 Å². The summed E-state index contributed by atoms with van der Waals surface area (Å²) in [7, 11) is 0. The Hall–Kier alpha value is -3.09. The number of hydrogen-bond donors (Lipinski definition) is 1. The Labute approximate surface area is 171 Å². The molecule has 0 aliphatic carbocycles. The molecule has 1 aliphatic heterocycles. The maximum absolute atomic E-state index is 13.3. The molecular formula is C23H20F5NO. The maximum Gasteiger partial charge on any atom is 0.461 e. The molecule has 1 aliphatic rings. The molecule has 0 atom stereocenters. The zero-order valence-corrected chi connectivity index (χ0v) is 15.9. The van der Waals surface area contributed by atoms with E-state index >= 15 is 0 Å². The second-order valence-electron chi connectivity index (χ2n) is 6.65. The average molecular weight is 421 g/mol. The standard InChI is InChI=1S/C15H14FN.C8H6F4O/c16-12-5-1-4-11(10-12)13-6-2-8-15-14(13)7-3-9-17-15;9-7(10)8(11,12)13-6-4-2-1-3-5-6/h1-2,4-6,8,10,17H,3,7,9H2;1-5,7H. The molecule has 3 aromatic rings. The second-order valence-corrected chi connectivity index (χ2v) is 6.65. The number of nitrogens with one attached hydrogen (secondary N) is 1. The lowest BCUT2D eigenvalue weighted by Crippen LogP contribution is -2.33. The number of benzene rings is 3. The molecule has 30 heavy (non-hydrogen) atoms. The van der Waals surface area contributed by atoms with Crippen LogP contribution in [-0.4, -0.2) is 19.1 Å². The van der Waals surface area contributed by atoms with Crippen LogP contribution in [0.3, 0.4) is 0 Å². The van der Waals surface area contributed by atoms with E-state index in [1.807, 2.05) is 12.1 Å². The molecule has 0 spiro atoms.